The molecule has 1 amide bonds. The second-order valence-corrected chi connectivity index (χ2v) is 8.05. The van der Waals surface area contributed by atoms with Crippen LogP contribution in [0.4, 0.5) is 17.3 Å². The van der Waals surface area contributed by atoms with Gasteiger partial charge in [0.05, 0.1) is 38.3 Å². The molecule has 3 aromatic carbocycles. The minimum Gasteiger partial charge on any atom is -0.329 e. The Hall–Kier alpha value is -4.17. The molecule has 0 spiro atoms. The highest BCUT2D eigenvalue weighted by Gasteiger charge is 2.34. The van der Waals surface area contributed by atoms with E-state index >= 15 is 0 Å². The van der Waals surface area contributed by atoms with E-state index in [0.29, 0.717) is 33.5 Å². The van der Waals surface area contributed by atoms with E-state index in [1.807, 2.05) is 28.8 Å². The fraction of sp³-hybridized carbons (Fsp3) is 0.0833. The molecule has 1 aromatic heterocycles. The Morgan fingerprint density at radius 1 is 1.12 bits per heavy atom. The Morgan fingerprint density at radius 3 is 2.67 bits per heavy atom. The van der Waals surface area contributed by atoms with Crippen molar-refractivity contribution in [1.29, 1.82) is 0 Å². The zero-order valence-corrected chi connectivity index (χ0v) is 18.2. The summed E-state index contributed by atoms with van der Waals surface area (Å²) in [5.41, 5.74) is 3.57. The summed E-state index contributed by atoms with van der Waals surface area (Å²) in [5.74, 6) is 0.188. The average molecular weight is 460 g/mol. The fourth-order valence-corrected chi connectivity index (χ4v) is 4.32. The van der Waals surface area contributed by atoms with Crippen LogP contribution in [0.15, 0.2) is 84.1 Å². The van der Waals surface area contributed by atoms with E-state index in [9.17, 15) is 14.9 Å². The Labute approximate surface area is 193 Å². The number of hydrogen-bond acceptors (Lipinski definition) is 5. The molecule has 33 heavy (non-hydrogen) atoms. The summed E-state index contributed by atoms with van der Waals surface area (Å²) in [4.78, 5) is 29.2. The number of carbonyl (C=O) groups is 1. The van der Waals surface area contributed by atoms with Gasteiger partial charge in [-0.2, -0.15) is 0 Å². The molecule has 0 unspecified atom stereocenters. The molecule has 1 aliphatic rings. The van der Waals surface area contributed by atoms with Gasteiger partial charge in [-0.05, 0) is 36.8 Å². The summed E-state index contributed by atoms with van der Waals surface area (Å²) in [6.07, 6.45) is 0. The van der Waals surface area contributed by atoms with Crippen LogP contribution in [0, 0.1) is 10.1 Å². The van der Waals surface area contributed by atoms with Gasteiger partial charge in [0.15, 0.2) is 0 Å². The largest absolute Gasteiger partial charge is 0.329 e. The van der Waals surface area contributed by atoms with E-state index < -0.39 is 11.0 Å². The molecule has 2 heterocycles. The van der Waals surface area contributed by atoms with E-state index in [4.69, 9.17) is 11.6 Å². The molecule has 8 nitrogen and oxygen atoms in total. The maximum Gasteiger partial charge on any atom is 0.269 e. The van der Waals surface area contributed by atoms with Gasteiger partial charge in [-0.1, -0.05) is 48.0 Å². The molecular formula is C24H18ClN5O3. The number of benzene rings is 3. The number of rotatable bonds is 4. The van der Waals surface area contributed by atoms with E-state index in [1.54, 1.807) is 43.3 Å². The van der Waals surface area contributed by atoms with Crippen molar-refractivity contribution in [2.45, 2.75) is 13.0 Å². The third-order valence-electron chi connectivity index (χ3n) is 5.59. The molecule has 0 saturated carbocycles. The number of anilines is 2. The molecule has 0 bridgehead atoms. The second kappa shape index (κ2) is 8.07. The predicted molar refractivity (Wildman–Crippen MR) is 127 cm³/mol. The summed E-state index contributed by atoms with van der Waals surface area (Å²) >= 11 is 6.26. The molecule has 9 heteroatoms. The highest BCUT2D eigenvalue weighted by molar-refractivity contribution is 6.33. The first kappa shape index (κ1) is 20.7. The van der Waals surface area contributed by atoms with Crippen LogP contribution in [-0.2, 0) is 4.79 Å². The summed E-state index contributed by atoms with van der Waals surface area (Å²) in [6, 6.07) is 20.2. The number of allylic oxidation sites excluding steroid dienone is 1. The molecule has 0 saturated heterocycles. The topological polar surface area (TPSA) is 102 Å². The standard InChI is InChI=1S/C24H18ClN5O3/c1-14-21(23(31)27-18-10-3-2-9-17(18)25)22(15-7-6-8-16(13-15)30(32)33)29-20-12-5-4-11-19(20)28-24(29)26-14/h2-13,22H,1H3,(H,26,28)(H,27,31)/t22-/m0/s1. The zero-order valence-electron chi connectivity index (χ0n) is 17.4. The molecule has 1 atom stereocenters. The van der Waals surface area contributed by atoms with Gasteiger partial charge in [0.25, 0.3) is 11.6 Å². The van der Waals surface area contributed by atoms with Crippen LogP contribution in [0.1, 0.15) is 18.5 Å². The number of fused-ring (bicyclic) bond motifs is 3. The van der Waals surface area contributed by atoms with Crippen molar-refractivity contribution in [2.75, 3.05) is 10.6 Å². The third-order valence-corrected chi connectivity index (χ3v) is 5.92. The van der Waals surface area contributed by atoms with Crippen molar-refractivity contribution < 1.29 is 9.72 Å². The number of aromatic nitrogens is 2. The Bertz CT molecular complexity index is 1460. The van der Waals surface area contributed by atoms with Gasteiger partial charge >= 0.3 is 0 Å². The number of non-ortho nitro benzene ring substituents is 1. The quantitative estimate of drug-likeness (QED) is 0.309. The van der Waals surface area contributed by atoms with Crippen molar-refractivity contribution in [2.24, 2.45) is 0 Å². The number of hydrogen-bond donors (Lipinski definition) is 2. The number of nitrogens with zero attached hydrogens (tertiary/aromatic N) is 3. The second-order valence-electron chi connectivity index (χ2n) is 7.65. The number of imidazole rings is 1. The van der Waals surface area contributed by atoms with Gasteiger partial charge in [-0.3, -0.25) is 19.5 Å². The molecular weight excluding hydrogens is 442 g/mol. The maximum atomic E-state index is 13.6. The summed E-state index contributed by atoms with van der Waals surface area (Å²) in [5, 5.41) is 18.0. The number of nitro groups is 1. The van der Waals surface area contributed by atoms with Crippen molar-refractivity contribution in [3.05, 3.63) is 105 Å². The average Bonchev–Trinajstić information content (AvgIpc) is 3.17. The van der Waals surface area contributed by atoms with Crippen molar-refractivity contribution in [3.8, 4) is 0 Å². The number of halogens is 1. The number of amides is 1. The van der Waals surface area contributed by atoms with Crippen molar-refractivity contribution >= 4 is 45.9 Å². The lowest BCUT2D eigenvalue weighted by Crippen LogP contribution is -2.31. The van der Waals surface area contributed by atoms with Gasteiger partial charge in [0.2, 0.25) is 5.95 Å². The van der Waals surface area contributed by atoms with Crippen LogP contribution in [0.3, 0.4) is 0 Å². The summed E-state index contributed by atoms with van der Waals surface area (Å²) < 4.78 is 1.89. The summed E-state index contributed by atoms with van der Waals surface area (Å²) in [7, 11) is 0. The maximum absolute atomic E-state index is 13.6. The van der Waals surface area contributed by atoms with Crippen LogP contribution in [0.25, 0.3) is 11.0 Å². The monoisotopic (exact) mass is 459 g/mol. The Morgan fingerprint density at radius 2 is 1.88 bits per heavy atom. The first-order chi connectivity index (χ1) is 15.9. The zero-order chi connectivity index (χ0) is 23.1. The number of nitro benzene ring substituents is 1. The lowest BCUT2D eigenvalue weighted by Gasteiger charge is -2.30. The SMILES string of the molecule is CC1=C(C(=O)Nc2ccccc2Cl)[C@H](c2cccc([N+](=O)[O-])c2)n2c(nc3ccccc32)N1. The van der Waals surface area contributed by atoms with Crippen LogP contribution in [-0.4, -0.2) is 20.4 Å². The molecule has 0 radical (unpaired) electrons. The third kappa shape index (κ3) is 3.60. The number of carbonyl (C=O) groups excluding carboxylic acids is 1. The fourth-order valence-electron chi connectivity index (χ4n) is 4.13. The van der Waals surface area contributed by atoms with Gasteiger partial charge in [-0.25, -0.2) is 4.98 Å². The molecule has 0 aliphatic carbocycles. The van der Waals surface area contributed by atoms with E-state index in [-0.39, 0.29) is 11.6 Å². The van der Waals surface area contributed by atoms with Crippen LogP contribution in [0.2, 0.25) is 5.02 Å². The van der Waals surface area contributed by atoms with Gasteiger partial charge in [0.1, 0.15) is 0 Å². The smallest absolute Gasteiger partial charge is 0.269 e. The normalized spacial score (nSPS) is 15.2. The highest BCUT2D eigenvalue weighted by Crippen LogP contribution is 2.40. The molecule has 5 rings (SSSR count). The first-order valence-corrected chi connectivity index (χ1v) is 10.6. The van der Waals surface area contributed by atoms with Crippen molar-refractivity contribution in [1.82, 2.24) is 9.55 Å². The Kier molecular flexibility index (Phi) is 5.07. The van der Waals surface area contributed by atoms with E-state index in [0.717, 1.165) is 11.0 Å². The molecule has 0 fully saturated rings. The molecule has 164 valence electrons. The van der Waals surface area contributed by atoms with Crippen molar-refractivity contribution in [3.63, 3.8) is 0 Å². The number of para-hydroxylation sites is 3. The Balaban J connectivity index is 1.70. The van der Waals surface area contributed by atoms with Crippen LogP contribution < -0.4 is 10.6 Å². The van der Waals surface area contributed by atoms with E-state index in [1.165, 1.54) is 12.1 Å². The minimum absolute atomic E-state index is 0.0551. The molecule has 4 aromatic rings. The minimum atomic E-state index is -0.643. The van der Waals surface area contributed by atoms with Crippen LogP contribution >= 0.6 is 11.6 Å². The lowest BCUT2D eigenvalue weighted by atomic mass is 9.94. The molecule has 2 N–H and O–H groups in total. The first-order valence-electron chi connectivity index (χ1n) is 10.2. The van der Waals surface area contributed by atoms with Gasteiger partial charge in [0, 0.05) is 17.8 Å². The van der Waals surface area contributed by atoms with Gasteiger partial charge < -0.3 is 10.6 Å². The highest BCUT2D eigenvalue weighted by atomic mass is 35.5. The molecule has 1 aliphatic heterocycles. The van der Waals surface area contributed by atoms with Gasteiger partial charge in [-0.15, -0.1) is 0 Å². The summed E-state index contributed by atoms with van der Waals surface area (Å²) in [6.45, 7) is 1.79. The predicted octanol–water partition coefficient (Wildman–Crippen LogP) is 5.53. The lowest BCUT2D eigenvalue weighted by molar-refractivity contribution is -0.384. The van der Waals surface area contributed by atoms with Crippen LogP contribution in [0.5, 0.6) is 0 Å². The van der Waals surface area contributed by atoms with E-state index in [2.05, 4.69) is 15.6 Å². The number of nitrogens with one attached hydrogen (secondary N) is 2.